The fourth-order valence-corrected chi connectivity index (χ4v) is 2.63. The monoisotopic (exact) mass is 360 g/mol. The van der Waals surface area contributed by atoms with Crippen molar-refractivity contribution in [1.29, 1.82) is 0 Å². The predicted octanol–water partition coefficient (Wildman–Crippen LogP) is 4.46. The van der Waals surface area contributed by atoms with Crippen LogP contribution >= 0.6 is 11.6 Å². The maximum atomic E-state index is 12.4. The minimum Gasteiger partial charge on any atom is -0.450 e. The van der Waals surface area contributed by atoms with Gasteiger partial charge in [-0.3, -0.25) is 4.79 Å². The highest BCUT2D eigenvalue weighted by Crippen LogP contribution is 2.22. The average molecular weight is 361 g/mol. The van der Waals surface area contributed by atoms with Gasteiger partial charge in [0, 0.05) is 10.7 Å². The standard InChI is InChI=1S/C19H21ClN2O3/c1-3-25-19(24)22-17(14-7-5-4-6-8-14)12-18(23)21-16-10-9-15(20)11-13(16)2/h4-11,17H,3,12H2,1-2H3,(H,21,23)(H,22,24)/t17-/m0/s1. The van der Waals surface area contributed by atoms with E-state index >= 15 is 0 Å². The van der Waals surface area contributed by atoms with Gasteiger partial charge in [-0.2, -0.15) is 0 Å². The third-order valence-electron chi connectivity index (χ3n) is 3.62. The molecule has 2 rings (SSSR count). The van der Waals surface area contributed by atoms with Gasteiger partial charge in [-0.05, 0) is 43.2 Å². The summed E-state index contributed by atoms with van der Waals surface area (Å²) in [6.45, 7) is 3.86. The molecular weight excluding hydrogens is 340 g/mol. The Hall–Kier alpha value is -2.53. The Morgan fingerprint density at radius 2 is 1.88 bits per heavy atom. The van der Waals surface area contributed by atoms with Crippen LogP contribution in [-0.2, 0) is 9.53 Å². The van der Waals surface area contributed by atoms with Crippen LogP contribution in [0.25, 0.3) is 0 Å². The third kappa shape index (κ3) is 5.80. The number of benzene rings is 2. The molecule has 132 valence electrons. The molecular formula is C19H21ClN2O3. The van der Waals surface area contributed by atoms with E-state index in [2.05, 4.69) is 10.6 Å². The smallest absolute Gasteiger partial charge is 0.407 e. The van der Waals surface area contributed by atoms with Gasteiger partial charge in [0.15, 0.2) is 0 Å². The van der Waals surface area contributed by atoms with Crippen LogP contribution in [0.15, 0.2) is 48.5 Å². The average Bonchev–Trinajstić information content (AvgIpc) is 2.58. The second kappa shape index (κ2) is 9.08. The van der Waals surface area contributed by atoms with Crippen molar-refractivity contribution in [3.63, 3.8) is 0 Å². The van der Waals surface area contributed by atoms with Crippen LogP contribution < -0.4 is 10.6 Å². The second-order valence-electron chi connectivity index (χ2n) is 5.54. The third-order valence-corrected chi connectivity index (χ3v) is 3.86. The number of carbonyl (C=O) groups is 2. The zero-order valence-electron chi connectivity index (χ0n) is 14.2. The molecule has 0 spiro atoms. The molecule has 0 fully saturated rings. The Kier molecular flexibility index (Phi) is 6.83. The van der Waals surface area contributed by atoms with Crippen molar-refractivity contribution in [2.75, 3.05) is 11.9 Å². The Morgan fingerprint density at radius 3 is 2.52 bits per heavy atom. The lowest BCUT2D eigenvalue weighted by Gasteiger charge is -2.19. The molecule has 0 saturated carbocycles. The van der Waals surface area contributed by atoms with E-state index in [0.29, 0.717) is 10.7 Å². The number of nitrogens with one attached hydrogen (secondary N) is 2. The summed E-state index contributed by atoms with van der Waals surface area (Å²) in [6.07, 6.45) is -0.461. The number of amides is 2. The van der Waals surface area contributed by atoms with Crippen molar-refractivity contribution >= 4 is 29.3 Å². The Balaban J connectivity index is 2.09. The molecule has 0 aliphatic rings. The van der Waals surface area contributed by atoms with E-state index in [-0.39, 0.29) is 18.9 Å². The molecule has 0 aromatic heterocycles. The molecule has 25 heavy (non-hydrogen) atoms. The van der Waals surface area contributed by atoms with Crippen LogP contribution in [-0.4, -0.2) is 18.6 Å². The number of anilines is 1. The van der Waals surface area contributed by atoms with Crippen LogP contribution in [0.4, 0.5) is 10.5 Å². The van der Waals surface area contributed by atoms with Crippen molar-refractivity contribution in [3.8, 4) is 0 Å². The molecule has 5 nitrogen and oxygen atoms in total. The molecule has 0 bridgehead atoms. The van der Waals surface area contributed by atoms with E-state index in [1.165, 1.54) is 0 Å². The fourth-order valence-electron chi connectivity index (χ4n) is 2.41. The summed E-state index contributed by atoms with van der Waals surface area (Å²) >= 11 is 5.93. The molecule has 1 atom stereocenters. The van der Waals surface area contributed by atoms with E-state index in [9.17, 15) is 9.59 Å². The molecule has 0 aliphatic carbocycles. The van der Waals surface area contributed by atoms with Gasteiger partial charge in [-0.1, -0.05) is 41.9 Å². The van der Waals surface area contributed by atoms with Gasteiger partial charge >= 0.3 is 6.09 Å². The number of alkyl carbamates (subject to hydrolysis) is 1. The highest BCUT2D eigenvalue weighted by molar-refractivity contribution is 6.30. The molecule has 0 aliphatic heterocycles. The number of aryl methyl sites for hydroxylation is 1. The summed E-state index contributed by atoms with van der Waals surface area (Å²) in [4.78, 5) is 24.2. The van der Waals surface area contributed by atoms with Gasteiger partial charge in [0.25, 0.3) is 0 Å². The van der Waals surface area contributed by atoms with Gasteiger partial charge in [0.05, 0.1) is 19.1 Å². The summed E-state index contributed by atoms with van der Waals surface area (Å²) < 4.78 is 4.93. The zero-order chi connectivity index (χ0) is 18.2. The minimum absolute atomic E-state index is 0.0882. The van der Waals surface area contributed by atoms with E-state index in [4.69, 9.17) is 16.3 Å². The first-order valence-corrected chi connectivity index (χ1v) is 8.41. The fraction of sp³-hybridized carbons (Fsp3) is 0.263. The first-order chi connectivity index (χ1) is 12.0. The maximum Gasteiger partial charge on any atom is 0.407 e. The lowest BCUT2D eigenvalue weighted by molar-refractivity contribution is -0.116. The van der Waals surface area contributed by atoms with Crippen molar-refractivity contribution in [2.24, 2.45) is 0 Å². The van der Waals surface area contributed by atoms with Crippen molar-refractivity contribution < 1.29 is 14.3 Å². The molecule has 2 N–H and O–H groups in total. The van der Waals surface area contributed by atoms with E-state index < -0.39 is 12.1 Å². The van der Waals surface area contributed by atoms with Gasteiger partial charge in [0.2, 0.25) is 5.91 Å². The molecule has 6 heteroatoms. The van der Waals surface area contributed by atoms with Crippen molar-refractivity contribution in [3.05, 3.63) is 64.7 Å². The highest BCUT2D eigenvalue weighted by Gasteiger charge is 2.19. The summed E-state index contributed by atoms with van der Waals surface area (Å²) in [5.41, 5.74) is 2.39. The Bertz CT molecular complexity index is 735. The SMILES string of the molecule is CCOC(=O)N[C@@H](CC(=O)Nc1ccc(Cl)cc1C)c1ccccc1. The normalized spacial score (nSPS) is 11.5. The summed E-state index contributed by atoms with van der Waals surface area (Å²) in [5.74, 6) is -0.212. The highest BCUT2D eigenvalue weighted by atomic mass is 35.5. The quantitative estimate of drug-likeness (QED) is 0.798. The zero-order valence-corrected chi connectivity index (χ0v) is 15.0. The number of ether oxygens (including phenoxy) is 1. The number of halogens is 1. The largest absolute Gasteiger partial charge is 0.450 e. The molecule has 2 aromatic carbocycles. The number of carbonyl (C=O) groups excluding carboxylic acids is 2. The van der Waals surface area contributed by atoms with Crippen molar-refractivity contribution in [1.82, 2.24) is 5.32 Å². The van der Waals surface area contributed by atoms with E-state index in [1.54, 1.807) is 25.1 Å². The maximum absolute atomic E-state index is 12.4. The van der Waals surface area contributed by atoms with Gasteiger partial charge in [0.1, 0.15) is 0 Å². The predicted molar refractivity (Wildman–Crippen MR) is 98.8 cm³/mol. The molecule has 0 radical (unpaired) electrons. The summed E-state index contributed by atoms with van der Waals surface area (Å²) in [5, 5.41) is 6.20. The van der Waals surface area contributed by atoms with Crippen LogP contribution in [0.3, 0.4) is 0 Å². The summed E-state index contributed by atoms with van der Waals surface area (Å²) in [6, 6.07) is 14.1. The van der Waals surface area contributed by atoms with E-state index in [0.717, 1.165) is 11.1 Å². The van der Waals surface area contributed by atoms with Gasteiger partial charge < -0.3 is 15.4 Å². The molecule has 0 heterocycles. The topological polar surface area (TPSA) is 67.4 Å². The van der Waals surface area contributed by atoms with Gasteiger partial charge in [-0.15, -0.1) is 0 Å². The second-order valence-corrected chi connectivity index (χ2v) is 5.98. The number of hydrogen-bond acceptors (Lipinski definition) is 3. The summed E-state index contributed by atoms with van der Waals surface area (Å²) in [7, 11) is 0. The van der Waals surface area contributed by atoms with Crippen LogP contribution in [0.1, 0.15) is 30.5 Å². The number of rotatable bonds is 6. The van der Waals surface area contributed by atoms with Crippen molar-refractivity contribution in [2.45, 2.75) is 26.3 Å². The molecule has 2 aromatic rings. The van der Waals surface area contributed by atoms with Crippen LogP contribution in [0, 0.1) is 6.92 Å². The number of hydrogen-bond donors (Lipinski definition) is 2. The molecule has 0 saturated heterocycles. The van der Waals surface area contributed by atoms with Crippen LogP contribution in [0.5, 0.6) is 0 Å². The molecule has 2 amide bonds. The lowest BCUT2D eigenvalue weighted by Crippen LogP contribution is -2.32. The van der Waals surface area contributed by atoms with E-state index in [1.807, 2.05) is 37.3 Å². The molecule has 0 unspecified atom stereocenters. The Labute approximate surface area is 152 Å². The van der Waals surface area contributed by atoms with Crippen LogP contribution in [0.2, 0.25) is 5.02 Å². The lowest BCUT2D eigenvalue weighted by atomic mass is 10.0. The minimum atomic E-state index is -0.549. The first-order valence-electron chi connectivity index (χ1n) is 8.04. The first kappa shape index (κ1) is 18.8. The Morgan fingerprint density at radius 1 is 1.16 bits per heavy atom. The van der Waals surface area contributed by atoms with Gasteiger partial charge in [-0.25, -0.2) is 4.79 Å².